The molecule has 0 amide bonds. The van der Waals surface area contributed by atoms with E-state index in [2.05, 4.69) is 9.88 Å². The third-order valence-electron chi connectivity index (χ3n) is 4.62. The first kappa shape index (κ1) is 16.2. The number of hydrogen-bond donors (Lipinski definition) is 1. The van der Waals surface area contributed by atoms with Gasteiger partial charge in [0, 0.05) is 23.0 Å². The van der Waals surface area contributed by atoms with E-state index in [1.54, 1.807) is 4.31 Å². The average molecular weight is 355 g/mol. The molecule has 0 unspecified atom stereocenters. The van der Waals surface area contributed by atoms with E-state index in [-0.39, 0.29) is 0 Å². The number of aromatic amines is 1. The molecular formula is C19H21N3O2S. The van der Waals surface area contributed by atoms with Gasteiger partial charge in [-0.1, -0.05) is 36.4 Å². The van der Waals surface area contributed by atoms with E-state index in [1.807, 2.05) is 62.6 Å². The number of hydrogen-bond acceptors (Lipinski definition) is 3. The molecule has 0 fully saturated rings. The number of anilines is 1. The van der Waals surface area contributed by atoms with E-state index in [9.17, 15) is 8.42 Å². The van der Waals surface area contributed by atoms with Gasteiger partial charge in [-0.05, 0) is 39.2 Å². The minimum Gasteiger partial charge on any atom is -0.353 e. The molecule has 1 aliphatic rings. The summed E-state index contributed by atoms with van der Waals surface area (Å²) in [4.78, 5) is 5.77. The first-order valence-electron chi connectivity index (χ1n) is 8.38. The summed E-state index contributed by atoms with van der Waals surface area (Å²) in [5.41, 5.74) is 3.23. The predicted octanol–water partition coefficient (Wildman–Crippen LogP) is 3.30. The smallest absolute Gasteiger partial charge is 0.267 e. The Morgan fingerprint density at radius 2 is 1.76 bits per heavy atom. The fourth-order valence-corrected chi connectivity index (χ4v) is 5.37. The van der Waals surface area contributed by atoms with Gasteiger partial charge < -0.3 is 9.88 Å². The van der Waals surface area contributed by atoms with Crippen LogP contribution in [0, 0.1) is 0 Å². The highest BCUT2D eigenvalue weighted by atomic mass is 32.2. The summed E-state index contributed by atoms with van der Waals surface area (Å²) in [5.74, 6) is 0. The van der Waals surface area contributed by atoms with Crippen LogP contribution in [0.25, 0.3) is 22.2 Å². The lowest BCUT2D eigenvalue weighted by atomic mass is 10.1. The maximum atomic E-state index is 13.4. The van der Waals surface area contributed by atoms with Crippen molar-refractivity contribution in [1.82, 2.24) is 9.88 Å². The minimum atomic E-state index is -3.59. The second kappa shape index (κ2) is 5.89. The lowest BCUT2D eigenvalue weighted by molar-refractivity contribution is 0.403. The zero-order valence-corrected chi connectivity index (χ0v) is 15.2. The van der Waals surface area contributed by atoms with Crippen LogP contribution in [0.3, 0.4) is 0 Å². The van der Waals surface area contributed by atoms with E-state index >= 15 is 0 Å². The van der Waals surface area contributed by atoms with Crippen molar-refractivity contribution < 1.29 is 8.42 Å². The molecule has 0 aliphatic carbocycles. The van der Waals surface area contributed by atoms with Crippen molar-refractivity contribution in [3.63, 3.8) is 0 Å². The van der Waals surface area contributed by atoms with Crippen LogP contribution in [0.5, 0.6) is 0 Å². The number of nitrogens with zero attached hydrogens (tertiary/aromatic N) is 2. The summed E-state index contributed by atoms with van der Waals surface area (Å²) in [6.45, 7) is 1.31. The van der Waals surface area contributed by atoms with Gasteiger partial charge in [-0.3, -0.25) is 4.31 Å². The molecule has 5 nitrogen and oxygen atoms in total. The number of fused-ring (bicyclic) bond motifs is 5. The number of sulfonamides is 1. The Hall–Kier alpha value is -2.31. The summed E-state index contributed by atoms with van der Waals surface area (Å²) >= 11 is 0. The van der Waals surface area contributed by atoms with Gasteiger partial charge >= 0.3 is 0 Å². The number of nitrogens with one attached hydrogen (secondary N) is 1. The van der Waals surface area contributed by atoms with Crippen molar-refractivity contribution in [2.24, 2.45) is 0 Å². The highest BCUT2D eigenvalue weighted by molar-refractivity contribution is 7.93. The molecule has 1 N–H and O–H groups in total. The fraction of sp³-hybridized carbons (Fsp3) is 0.263. The first-order chi connectivity index (χ1) is 12.0. The zero-order valence-electron chi connectivity index (χ0n) is 14.4. The summed E-state index contributed by atoms with van der Waals surface area (Å²) < 4.78 is 28.4. The second-order valence-corrected chi connectivity index (χ2v) is 8.43. The molecule has 6 heteroatoms. The van der Waals surface area contributed by atoms with Crippen LogP contribution in [-0.4, -0.2) is 45.5 Å². The Labute approximate surface area is 147 Å². The van der Waals surface area contributed by atoms with E-state index in [0.717, 1.165) is 35.1 Å². The molecule has 2 aromatic carbocycles. The lowest BCUT2D eigenvalue weighted by Gasteiger charge is -2.31. The van der Waals surface area contributed by atoms with Crippen LogP contribution in [-0.2, 0) is 10.0 Å². The molecule has 25 heavy (non-hydrogen) atoms. The average Bonchev–Trinajstić information content (AvgIpc) is 2.98. The summed E-state index contributed by atoms with van der Waals surface area (Å²) in [6.07, 6.45) is 0.776. The van der Waals surface area contributed by atoms with Crippen molar-refractivity contribution in [2.75, 3.05) is 31.5 Å². The number of para-hydroxylation sites is 2. The van der Waals surface area contributed by atoms with Gasteiger partial charge in [0.1, 0.15) is 4.90 Å². The zero-order chi connectivity index (χ0) is 17.6. The Balaban J connectivity index is 1.92. The third kappa shape index (κ3) is 2.53. The molecule has 0 saturated carbocycles. The second-order valence-electron chi connectivity index (χ2n) is 6.63. The third-order valence-corrected chi connectivity index (χ3v) is 6.51. The number of rotatable bonds is 4. The SMILES string of the molecule is CN(C)CCCN1c2ccccc2-c2[nH]c3ccccc3c2S1(=O)=O. The van der Waals surface area contributed by atoms with Crippen molar-refractivity contribution in [3.8, 4) is 11.3 Å². The van der Waals surface area contributed by atoms with Gasteiger partial charge in [-0.25, -0.2) is 8.42 Å². The normalized spacial score (nSPS) is 15.4. The molecule has 0 saturated heterocycles. The van der Waals surface area contributed by atoms with E-state index in [1.165, 1.54) is 0 Å². The molecule has 0 atom stereocenters. The van der Waals surface area contributed by atoms with Crippen LogP contribution in [0.1, 0.15) is 6.42 Å². The van der Waals surface area contributed by atoms with Crippen molar-refractivity contribution in [3.05, 3.63) is 48.5 Å². The number of benzene rings is 2. The molecule has 0 radical (unpaired) electrons. The largest absolute Gasteiger partial charge is 0.353 e. The van der Waals surface area contributed by atoms with Crippen LogP contribution >= 0.6 is 0 Å². The first-order valence-corrected chi connectivity index (χ1v) is 9.82. The van der Waals surface area contributed by atoms with Crippen LogP contribution in [0.4, 0.5) is 5.69 Å². The highest BCUT2D eigenvalue weighted by Gasteiger charge is 2.37. The topological polar surface area (TPSA) is 56.4 Å². The monoisotopic (exact) mass is 355 g/mol. The Morgan fingerprint density at radius 1 is 1.04 bits per heavy atom. The van der Waals surface area contributed by atoms with Crippen LogP contribution < -0.4 is 4.31 Å². The number of H-pyrrole nitrogens is 1. The van der Waals surface area contributed by atoms with Gasteiger partial charge in [0.15, 0.2) is 0 Å². The van der Waals surface area contributed by atoms with Gasteiger partial charge in [0.25, 0.3) is 10.0 Å². The van der Waals surface area contributed by atoms with Crippen LogP contribution in [0.15, 0.2) is 53.4 Å². The molecular weight excluding hydrogens is 334 g/mol. The van der Waals surface area contributed by atoms with Gasteiger partial charge in [-0.2, -0.15) is 0 Å². The van der Waals surface area contributed by atoms with Gasteiger partial charge in [0.2, 0.25) is 0 Å². The maximum absolute atomic E-state index is 13.4. The van der Waals surface area contributed by atoms with Crippen molar-refractivity contribution in [1.29, 1.82) is 0 Å². The summed E-state index contributed by atoms with van der Waals surface area (Å²) in [7, 11) is 0.399. The summed E-state index contributed by atoms with van der Waals surface area (Å²) in [5, 5.41) is 0.754. The Bertz CT molecular complexity index is 1040. The van der Waals surface area contributed by atoms with Gasteiger partial charge in [-0.15, -0.1) is 0 Å². The van der Waals surface area contributed by atoms with E-state index in [4.69, 9.17) is 0 Å². The van der Waals surface area contributed by atoms with Gasteiger partial charge in [0.05, 0.1) is 11.4 Å². The van der Waals surface area contributed by atoms with Crippen LogP contribution in [0.2, 0.25) is 0 Å². The van der Waals surface area contributed by atoms with Crippen molar-refractivity contribution in [2.45, 2.75) is 11.3 Å². The quantitative estimate of drug-likeness (QED) is 0.781. The maximum Gasteiger partial charge on any atom is 0.267 e. The van der Waals surface area contributed by atoms with E-state index in [0.29, 0.717) is 17.1 Å². The fourth-order valence-electron chi connectivity index (χ4n) is 3.49. The minimum absolute atomic E-state index is 0.395. The molecule has 0 spiro atoms. The molecule has 2 heterocycles. The summed E-state index contributed by atoms with van der Waals surface area (Å²) in [6, 6.07) is 15.3. The van der Waals surface area contributed by atoms with Crippen molar-refractivity contribution >= 4 is 26.6 Å². The molecule has 1 aliphatic heterocycles. The Kier molecular flexibility index (Phi) is 3.81. The predicted molar refractivity (Wildman–Crippen MR) is 101 cm³/mol. The molecule has 1 aromatic heterocycles. The molecule has 130 valence electrons. The Morgan fingerprint density at radius 3 is 2.56 bits per heavy atom. The van der Waals surface area contributed by atoms with E-state index < -0.39 is 10.0 Å². The molecule has 4 rings (SSSR count). The molecule has 3 aromatic rings. The lowest BCUT2D eigenvalue weighted by Crippen LogP contribution is -2.36. The standard InChI is InChI=1S/C19H21N3O2S/c1-21(2)12-7-13-22-17-11-6-4-9-15(17)18-19(25(22,23)24)14-8-3-5-10-16(14)20-18/h3-6,8-11,20H,7,12-13H2,1-2H3. The molecule has 0 bridgehead atoms. The highest BCUT2D eigenvalue weighted by Crippen LogP contribution is 2.45. The number of aromatic nitrogens is 1.